The molecule has 112 valence electrons. The van der Waals surface area contributed by atoms with E-state index in [2.05, 4.69) is 4.90 Å². The van der Waals surface area contributed by atoms with Gasteiger partial charge in [-0.2, -0.15) is 0 Å². The van der Waals surface area contributed by atoms with Crippen LogP contribution in [0.15, 0.2) is 30.3 Å². The second-order valence-corrected chi connectivity index (χ2v) is 7.96. The number of hydrogen-bond acceptors (Lipinski definition) is 4. The van der Waals surface area contributed by atoms with E-state index in [-0.39, 0.29) is 5.25 Å². The maximum atomic E-state index is 11.8. The van der Waals surface area contributed by atoms with Crippen molar-refractivity contribution in [2.24, 2.45) is 0 Å². The molecule has 2 atom stereocenters. The number of likely N-dealkylation sites (tertiary alicyclic amines) is 1. The summed E-state index contributed by atoms with van der Waals surface area (Å²) in [5.41, 5.74) is 0.882. The number of hydrogen-bond donors (Lipinski definition) is 1. The van der Waals surface area contributed by atoms with Gasteiger partial charge in [-0.15, -0.1) is 0 Å². The lowest BCUT2D eigenvalue weighted by Gasteiger charge is -2.26. The lowest BCUT2D eigenvalue weighted by molar-refractivity contribution is 0.115. The molecule has 1 unspecified atom stereocenters. The van der Waals surface area contributed by atoms with Gasteiger partial charge in [0.1, 0.15) is 0 Å². The summed E-state index contributed by atoms with van der Waals surface area (Å²) in [4.78, 5) is 2.08. The lowest BCUT2D eigenvalue weighted by atomic mass is 10.1. The van der Waals surface area contributed by atoms with Gasteiger partial charge in [0.2, 0.25) is 0 Å². The van der Waals surface area contributed by atoms with E-state index in [9.17, 15) is 13.5 Å². The average Bonchev–Trinajstić information content (AvgIpc) is 2.65. The van der Waals surface area contributed by atoms with E-state index < -0.39 is 15.9 Å². The van der Waals surface area contributed by atoms with Crippen LogP contribution < -0.4 is 0 Å². The molecule has 0 aliphatic carbocycles. The van der Waals surface area contributed by atoms with Crippen molar-refractivity contribution in [3.05, 3.63) is 35.9 Å². The highest BCUT2D eigenvalue weighted by Gasteiger charge is 2.27. The molecule has 1 aliphatic heterocycles. The molecule has 1 fully saturated rings. The molecule has 0 spiro atoms. The molecule has 20 heavy (non-hydrogen) atoms. The summed E-state index contributed by atoms with van der Waals surface area (Å²) in [5, 5.41) is 9.96. The fourth-order valence-corrected chi connectivity index (χ4v) is 3.79. The Balaban J connectivity index is 2.01. The van der Waals surface area contributed by atoms with Crippen molar-refractivity contribution in [3.63, 3.8) is 0 Å². The summed E-state index contributed by atoms with van der Waals surface area (Å²) in [5.74, 6) is 0. The van der Waals surface area contributed by atoms with Crippen molar-refractivity contribution in [2.75, 3.05) is 25.9 Å². The second kappa shape index (κ2) is 6.70. The third-order valence-corrected chi connectivity index (χ3v) is 5.53. The first-order valence-electron chi connectivity index (χ1n) is 7.11. The number of rotatable bonds is 4. The van der Waals surface area contributed by atoms with E-state index in [1.54, 1.807) is 0 Å². The first-order valence-corrected chi connectivity index (χ1v) is 9.06. The van der Waals surface area contributed by atoms with Crippen molar-refractivity contribution >= 4 is 9.84 Å². The molecule has 1 saturated heterocycles. The van der Waals surface area contributed by atoms with Crippen LogP contribution in [-0.4, -0.2) is 49.6 Å². The molecule has 1 aromatic rings. The van der Waals surface area contributed by atoms with Crippen LogP contribution in [0.25, 0.3) is 0 Å². The minimum absolute atomic E-state index is 0.298. The average molecular weight is 297 g/mol. The Hall–Kier alpha value is -0.910. The summed E-state index contributed by atoms with van der Waals surface area (Å²) >= 11 is 0. The van der Waals surface area contributed by atoms with E-state index in [4.69, 9.17) is 0 Å². The standard InChI is InChI=1S/C15H23NO3S/c1-20(18,19)14-9-5-6-10-16(11-14)12-15(17)13-7-3-2-4-8-13/h2-4,7-8,14-15,17H,5-6,9-12H2,1H3/t14?,15-/m1/s1. The summed E-state index contributed by atoms with van der Waals surface area (Å²) in [6.45, 7) is 1.88. The Bertz CT molecular complexity index is 515. The maximum Gasteiger partial charge on any atom is 0.151 e. The zero-order valence-electron chi connectivity index (χ0n) is 11.9. The second-order valence-electron chi connectivity index (χ2n) is 5.63. The van der Waals surface area contributed by atoms with Crippen LogP contribution in [0.3, 0.4) is 0 Å². The molecule has 0 aromatic heterocycles. The predicted octanol–water partition coefficient (Wildman–Crippen LogP) is 1.62. The third-order valence-electron chi connectivity index (χ3n) is 3.93. The van der Waals surface area contributed by atoms with Crippen molar-refractivity contribution in [1.29, 1.82) is 0 Å². The summed E-state index contributed by atoms with van der Waals surface area (Å²) < 4.78 is 23.5. The highest BCUT2D eigenvalue weighted by Crippen LogP contribution is 2.20. The third kappa shape index (κ3) is 4.30. The van der Waals surface area contributed by atoms with Crippen LogP contribution in [0.5, 0.6) is 0 Å². The van der Waals surface area contributed by atoms with Crippen LogP contribution in [0.4, 0.5) is 0 Å². The Morgan fingerprint density at radius 1 is 1.30 bits per heavy atom. The van der Waals surface area contributed by atoms with E-state index in [1.807, 2.05) is 30.3 Å². The molecule has 0 amide bonds. The van der Waals surface area contributed by atoms with E-state index in [0.717, 1.165) is 31.4 Å². The molecular formula is C15H23NO3S. The summed E-state index contributed by atoms with van der Waals surface area (Å²) in [7, 11) is -3.01. The molecule has 1 aliphatic rings. The Labute approximate surface area is 121 Å². The van der Waals surface area contributed by atoms with E-state index >= 15 is 0 Å². The molecule has 5 heteroatoms. The van der Waals surface area contributed by atoms with Crippen molar-refractivity contribution < 1.29 is 13.5 Å². The Morgan fingerprint density at radius 2 is 2.00 bits per heavy atom. The SMILES string of the molecule is CS(=O)(=O)C1CCCCN(C[C@@H](O)c2ccccc2)C1. The maximum absolute atomic E-state index is 11.8. The summed E-state index contributed by atoms with van der Waals surface area (Å²) in [6.07, 6.45) is 3.42. The summed E-state index contributed by atoms with van der Waals surface area (Å²) in [6, 6.07) is 9.52. The lowest BCUT2D eigenvalue weighted by Crippen LogP contribution is -2.37. The van der Waals surface area contributed by atoms with Gasteiger partial charge in [-0.05, 0) is 24.9 Å². The van der Waals surface area contributed by atoms with Crippen molar-refractivity contribution in [2.45, 2.75) is 30.6 Å². The van der Waals surface area contributed by atoms with Crippen LogP contribution in [0, 0.1) is 0 Å². The van der Waals surface area contributed by atoms with Crippen LogP contribution >= 0.6 is 0 Å². The molecule has 0 radical (unpaired) electrons. The molecule has 0 bridgehead atoms. The van der Waals surface area contributed by atoms with Crippen molar-refractivity contribution in [3.8, 4) is 0 Å². The zero-order chi connectivity index (χ0) is 14.6. The highest BCUT2D eigenvalue weighted by atomic mass is 32.2. The Kier molecular flexibility index (Phi) is 5.18. The van der Waals surface area contributed by atoms with Crippen molar-refractivity contribution in [1.82, 2.24) is 4.90 Å². The number of benzene rings is 1. The van der Waals surface area contributed by atoms with Gasteiger partial charge in [0.25, 0.3) is 0 Å². The number of nitrogens with zero attached hydrogens (tertiary/aromatic N) is 1. The number of aliphatic hydroxyl groups excluding tert-OH is 1. The smallest absolute Gasteiger partial charge is 0.151 e. The van der Waals surface area contributed by atoms with Gasteiger partial charge in [0, 0.05) is 19.3 Å². The monoisotopic (exact) mass is 297 g/mol. The Morgan fingerprint density at radius 3 is 2.65 bits per heavy atom. The van der Waals surface area contributed by atoms with Crippen LogP contribution in [0.2, 0.25) is 0 Å². The van der Waals surface area contributed by atoms with Gasteiger partial charge >= 0.3 is 0 Å². The zero-order valence-corrected chi connectivity index (χ0v) is 12.7. The van der Waals surface area contributed by atoms with Gasteiger partial charge < -0.3 is 5.11 Å². The quantitative estimate of drug-likeness (QED) is 0.917. The first-order chi connectivity index (χ1) is 9.47. The van der Waals surface area contributed by atoms with Gasteiger partial charge in [-0.3, -0.25) is 4.90 Å². The molecule has 1 aromatic carbocycles. The number of aliphatic hydroxyl groups is 1. The van der Waals surface area contributed by atoms with Gasteiger partial charge in [-0.1, -0.05) is 36.8 Å². The van der Waals surface area contributed by atoms with Gasteiger partial charge in [0.05, 0.1) is 11.4 Å². The molecular weight excluding hydrogens is 274 g/mol. The molecule has 1 heterocycles. The number of sulfone groups is 1. The minimum Gasteiger partial charge on any atom is -0.387 e. The highest BCUT2D eigenvalue weighted by molar-refractivity contribution is 7.91. The van der Waals surface area contributed by atoms with Crippen LogP contribution in [-0.2, 0) is 9.84 Å². The minimum atomic E-state index is -3.01. The van der Waals surface area contributed by atoms with E-state index in [0.29, 0.717) is 13.1 Å². The van der Waals surface area contributed by atoms with Gasteiger partial charge in [-0.25, -0.2) is 8.42 Å². The normalized spacial score (nSPS) is 23.2. The fraction of sp³-hybridized carbons (Fsp3) is 0.600. The predicted molar refractivity (Wildman–Crippen MR) is 80.3 cm³/mol. The molecule has 2 rings (SSSR count). The van der Waals surface area contributed by atoms with Gasteiger partial charge in [0.15, 0.2) is 9.84 Å². The first kappa shape index (κ1) is 15.5. The molecule has 0 saturated carbocycles. The molecule has 4 nitrogen and oxygen atoms in total. The van der Waals surface area contributed by atoms with E-state index in [1.165, 1.54) is 6.26 Å². The topological polar surface area (TPSA) is 57.6 Å². The fourth-order valence-electron chi connectivity index (χ4n) is 2.72. The van der Waals surface area contributed by atoms with Crippen LogP contribution in [0.1, 0.15) is 30.9 Å². The number of β-amino-alcohol motifs (C(OH)–C–C–N with tert-alkyl or cyclic N) is 1. The largest absolute Gasteiger partial charge is 0.387 e. The molecule has 1 N–H and O–H groups in total.